The molecule has 0 aliphatic heterocycles. The van der Waals surface area contributed by atoms with E-state index in [1.54, 1.807) is 55.5 Å². The molecule has 4 N–H and O–H groups in total. The van der Waals surface area contributed by atoms with Crippen molar-refractivity contribution < 1.29 is 18.5 Å². The van der Waals surface area contributed by atoms with E-state index in [0.717, 1.165) is 0 Å². The third-order valence-corrected chi connectivity index (χ3v) is 4.65. The summed E-state index contributed by atoms with van der Waals surface area (Å²) in [5.74, 6) is -0.289. The molecule has 0 spiro atoms. The minimum Gasteiger partial charge on any atom is -0.453 e. The second-order valence-electron chi connectivity index (χ2n) is 5.21. The Hall–Kier alpha value is -2.71. The monoisotopic (exact) mass is 361 g/mol. The number of ether oxygens (including phenoxy) is 1. The number of carbonyl (C=O) groups is 2. The number of rotatable bonds is 5. The van der Waals surface area contributed by atoms with Crippen LogP contribution in [0, 0.1) is 0 Å². The zero-order valence-corrected chi connectivity index (χ0v) is 14.6. The number of amides is 2. The van der Waals surface area contributed by atoms with Crippen molar-refractivity contribution in [1.82, 2.24) is 0 Å². The maximum absolute atomic E-state index is 12.6. The summed E-state index contributed by atoms with van der Waals surface area (Å²) < 4.78 is 17.1. The fraction of sp³-hybridized carbons (Fsp3) is 0.176. The first-order chi connectivity index (χ1) is 11.9. The van der Waals surface area contributed by atoms with Gasteiger partial charge in [0.15, 0.2) is 0 Å². The van der Waals surface area contributed by atoms with E-state index >= 15 is 0 Å². The van der Waals surface area contributed by atoms with Gasteiger partial charge < -0.3 is 15.8 Å². The van der Waals surface area contributed by atoms with Gasteiger partial charge in [0.1, 0.15) is 0 Å². The Morgan fingerprint density at radius 3 is 1.80 bits per heavy atom. The first-order valence-electron chi connectivity index (χ1n) is 7.44. The van der Waals surface area contributed by atoms with Crippen LogP contribution in [0.5, 0.6) is 0 Å². The molecular formula is C17H19N3O4S. The highest BCUT2D eigenvalue weighted by molar-refractivity contribution is 7.85. The highest BCUT2D eigenvalue weighted by Gasteiger charge is 2.10. The Bertz CT molecular complexity index is 773. The third kappa shape index (κ3) is 5.13. The summed E-state index contributed by atoms with van der Waals surface area (Å²) >= 11 is 0. The summed E-state index contributed by atoms with van der Waals surface area (Å²) in [5, 5.41) is 5.19. The van der Waals surface area contributed by atoms with Crippen LogP contribution in [0.25, 0.3) is 0 Å². The molecule has 132 valence electrons. The van der Waals surface area contributed by atoms with Gasteiger partial charge in [-0.05, 0) is 55.5 Å². The summed E-state index contributed by atoms with van der Waals surface area (Å²) in [6, 6.07) is 12.7. The van der Waals surface area contributed by atoms with Crippen molar-refractivity contribution in [2.24, 2.45) is 5.73 Å². The Morgan fingerprint density at radius 1 is 0.960 bits per heavy atom. The van der Waals surface area contributed by atoms with Crippen molar-refractivity contribution >= 4 is 34.2 Å². The smallest absolute Gasteiger partial charge is 0.411 e. The lowest BCUT2D eigenvalue weighted by Gasteiger charge is -2.09. The van der Waals surface area contributed by atoms with Crippen LogP contribution in [0.15, 0.2) is 58.3 Å². The SMILES string of the molecule is COC(=O)Nc1ccc(S(=O)c2ccc(NC(=O)C(C)N)cc2)cc1. The molecule has 25 heavy (non-hydrogen) atoms. The normalized spacial score (nSPS) is 12.8. The van der Waals surface area contributed by atoms with Crippen molar-refractivity contribution in [3.63, 3.8) is 0 Å². The predicted octanol–water partition coefficient (Wildman–Crippen LogP) is 2.32. The molecule has 0 radical (unpaired) electrons. The average molecular weight is 361 g/mol. The zero-order valence-electron chi connectivity index (χ0n) is 13.8. The minimum absolute atomic E-state index is 0.289. The van der Waals surface area contributed by atoms with E-state index in [1.165, 1.54) is 7.11 Å². The van der Waals surface area contributed by atoms with Crippen molar-refractivity contribution in [1.29, 1.82) is 0 Å². The van der Waals surface area contributed by atoms with Gasteiger partial charge in [-0.25, -0.2) is 9.00 Å². The molecule has 2 aromatic carbocycles. The number of nitrogens with two attached hydrogens (primary N) is 1. The molecule has 7 nitrogen and oxygen atoms in total. The van der Waals surface area contributed by atoms with Crippen LogP contribution in [-0.4, -0.2) is 29.4 Å². The van der Waals surface area contributed by atoms with Gasteiger partial charge in [0, 0.05) is 21.2 Å². The molecule has 2 aromatic rings. The van der Waals surface area contributed by atoms with E-state index in [2.05, 4.69) is 15.4 Å². The van der Waals surface area contributed by atoms with E-state index in [1.807, 2.05) is 0 Å². The van der Waals surface area contributed by atoms with E-state index in [9.17, 15) is 13.8 Å². The average Bonchev–Trinajstić information content (AvgIpc) is 2.62. The lowest BCUT2D eigenvalue weighted by molar-refractivity contribution is -0.117. The number of hydrogen-bond acceptors (Lipinski definition) is 5. The molecule has 0 heterocycles. The first-order valence-corrected chi connectivity index (χ1v) is 8.59. The van der Waals surface area contributed by atoms with Gasteiger partial charge in [-0.1, -0.05) is 0 Å². The van der Waals surface area contributed by atoms with E-state index in [4.69, 9.17) is 5.73 Å². The molecule has 0 saturated carbocycles. The topological polar surface area (TPSA) is 111 Å². The molecule has 8 heteroatoms. The van der Waals surface area contributed by atoms with Crippen molar-refractivity contribution in [2.45, 2.75) is 22.8 Å². The van der Waals surface area contributed by atoms with E-state index < -0.39 is 22.9 Å². The molecular weight excluding hydrogens is 342 g/mol. The molecule has 0 bridgehead atoms. The molecule has 0 saturated heterocycles. The highest BCUT2D eigenvalue weighted by Crippen LogP contribution is 2.20. The summed E-state index contributed by atoms with van der Waals surface area (Å²) in [5.41, 5.74) is 6.62. The van der Waals surface area contributed by atoms with Crippen LogP contribution < -0.4 is 16.4 Å². The summed E-state index contributed by atoms with van der Waals surface area (Å²) in [6.07, 6.45) is -0.571. The Balaban J connectivity index is 2.07. The number of anilines is 2. The van der Waals surface area contributed by atoms with Crippen molar-refractivity contribution in [3.05, 3.63) is 48.5 Å². The first kappa shape index (κ1) is 18.6. The predicted molar refractivity (Wildman–Crippen MR) is 95.9 cm³/mol. The molecule has 2 rings (SSSR count). The summed E-state index contributed by atoms with van der Waals surface area (Å²) in [6.45, 7) is 1.59. The summed E-state index contributed by atoms with van der Waals surface area (Å²) in [4.78, 5) is 23.9. The zero-order chi connectivity index (χ0) is 18.4. The molecule has 2 atom stereocenters. The lowest BCUT2D eigenvalue weighted by Crippen LogP contribution is -2.32. The van der Waals surface area contributed by atoms with Crippen LogP contribution >= 0.6 is 0 Å². The summed E-state index contributed by atoms with van der Waals surface area (Å²) in [7, 11) is -0.104. The van der Waals surface area contributed by atoms with Gasteiger partial charge in [-0.15, -0.1) is 0 Å². The quantitative estimate of drug-likeness (QED) is 0.757. The van der Waals surface area contributed by atoms with Gasteiger partial charge in [0.05, 0.1) is 24.0 Å². The molecule has 2 unspecified atom stereocenters. The van der Waals surface area contributed by atoms with Crippen molar-refractivity contribution in [2.75, 3.05) is 17.7 Å². The Morgan fingerprint density at radius 2 is 1.40 bits per heavy atom. The van der Waals surface area contributed by atoms with Gasteiger partial charge >= 0.3 is 6.09 Å². The fourth-order valence-corrected chi connectivity index (χ4v) is 2.92. The minimum atomic E-state index is -1.38. The van der Waals surface area contributed by atoms with Gasteiger partial charge in [-0.3, -0.25) is 10.1 Å². The molecule has 0 aliphatic carbocycles. The van der Waals surface area contributed by atoms with Crippen molar-refractivity contribution in [3.8, 4) is 0 Å². The lowest BCUT2D eigenvalue weighted by atomic mass is 10.3. The van der Waals surface area contributed by atoms with E-state index in [-0.39, 0.29) is 5.91 Å². The molecule has 0 aromatic heterocycles. The number of nitrogens with one attached hydrogen (secondary N) is 2. The van der Waals surface area contributed by atoms with Crippen LogP contribution in [0.4, 0.5) is 16.2 Å². The van der Waals surface area contributed by atoms with E-state index in [0.29, 0.717) is 21.2 Å². The second kappa shape index (κ2) is 8.41. The van der Waals surface area contributed by atoms with Crippen LogP contribution in [-0.2, 0) is 20.3 Å². The Labute approximate surface area is 148 Å². The number of benzene rings is 2. The van der Waals surface area contributed by atoms with Crippen LogP contribution in [0.1, 0.15) is 6.92 Å². The number of methoxy groups -OCH3 is 1. The Kier molecular flexibility index (Phi) is 6.26. The highest BCUT2D eigenvalue weighted by atomic mass is 32.2. The number of carbonyl (C=O) groups excluding carboxylic acids is 2. The maximum Gasteiger partial charge on any atom is 0.411 e. The van der Waals surface area contributed by atoms with Gasteiger partial charge in [-0.2, -0.15) is 0 Å². The molecule has 0 fully saturated rings. The molecule has 2 amide bonds. The van der Waals surface area contributed by atoms with Gasteiger partial charge in [0.2, 0.25) is 5.91 Å². The largest absolute Gasteiger partial charge is 0.453 e. The third-order valence-electron chi connectivity index (χ3n) is 3.25. The van der Waals surface area contributed by atoms with Gasteiger partial charge in [0.25, 0.3) is 0 Å². The van der Waals surface area contributed by atoms with Crippen LogP contribution in [0.2, 0.25) is 0 Å². The second-order valence-corrected chi connectivity index (χ2v) is 6.69. The molecule has 0 aliphatic rings. The van der Waals surface area contributed by atoms with Crippen LogP contribution in [0.3, 0.4) is 0 Å². The number of hydrogen-bond donors (Lipinski definition) is 3. The fourth-order valence-electron chi connectivity index (χ4n) is 1.88. The maximum atomic E-state index is 12.6. The standard InChI is InChI=1S/C17H19N3O4S/c1-11(18)16(21)19-12-3-7-14(8-4-12)25(23)15-9-5-13(6-10-15)20-17(22)24-2/h3-11H,18H2,1-2H3,(H,19,21)(H,20,22).